The van der Waals surface area contributed by atoms with Gasteiger partial charge >= 0.3 is 0 Å². The van der Waals surface area contributed by atoms with Crippen molar-refractivity contribution in [2.75, 3.05) is 24.3 Å². The summed E-state index contributed by atoms with van der Waals surface area (Å²) >= 11 is 0. The lowest BCUT2D eigenvalue weighted by atomic mass is 10.3. The number of hydrogen-bond acceptors (Lipinski definition) is 5. The first-order valence-corrected chi connectivity index (χ1v) is 6.51. The highest BCUT2D eigenvalue weighted by molar-refractivity contribution is 5.64. The largest absolute Gasteiger partial charge is 0.494 e. The van der Waals surface area contributed by atoms with Gasteiger partial charge < -0.3 is 15.4 Å². The molecule has 0 saturated carbocycles. The molecular weight excluding hydrogens is 278 g/mol. The standard InChI is InChI=1S/C14H16F2N4O/c1-3-6-17-14-18-8-10(16)13(20-14)19-11-5-4-9(15)7-12(11)21-2/h4-5,7-8H,3,6H2,1-2H3,(H2,17,18,19,20). The lowest BCUT2D eigenvalue weighted by Gasteiger charge is -2.12. The zero-order chi connectivity index (χ0) is 15.2. The number of aromatic nitrogens is 2. The van der Waals surface area contributed by atoms with Crippen LogP contribution >= 0.6 is 0 Å². The van der Waals surface area contributed by atoms with Gasteiger partial charge in [-0.2, -0.15) is 4.98 Å². The SMILES string of the molecule is CCCNc1ncc(F)c(Nc2ccc(F)cc2OC)n1. The molecular formula is C14H16F2N4O. The van der Waals surface area contributed by atoms with E-state index in [1.807, 2.05) is 6.92 Å². The maximum Gasteiger partial charge on any atom is 0.224 e. The van der Waals surface area contributed by atoms with E-state index in [-0.39, 0.29) is 11.6 Å². The molecule has 2 rings (SSSR count). The Hall–Kier alpha value is -2.44. The van der Waals surface area contributed by atoms with E-state index in [4.69, 9.17) is 4.74 Å². The average molecular weight is 294 g/mol. The molecule has 0 atom stereocenters. The van der Waals surface area contributed by atoms with Crippen molar-refractivity contribution >= 4 is 17.5 Å². The highest BCUT2D eigenvalue weighted by Gasteiger charge is 2.10. The van der Waals surface area contributed by atoms with Crippen LogP contribution in [0.1, 0.15) is 13.3 Å². The summed E-state index contributed by atoms with van der Waals surface area (Å²) in [5.74, 6) is -0.472. The number of ether oxygens (including phenoxy) is 1. The van der Waals surface area contributed by atoms with Crippen molar-refractivity contribution in [2.45, 2.75) is 13.3 Å². The Labute approximate surface area is 121 Å². The summed E-state index contributed by atoms with van der Waals surface area (Å²) in [6.45, 7) is 2.68. The third-order valence-corrected chi connectivity index (χ3v) is 2.69. The molecule has 1 aromatic carbocycles. The number of halogens is 2. The average Bonchev–Trinajstić information content (AvgIpc) is 2.49. The topological polar surface area (TPSA) is 59.1 Å². The van der Waals surface area contributed by atoms with Gasteiger partial charge in [-0.1, -0.05) is 6.92 Å². The van der Waals surface area contributed by atoms with Crippen LogP contribution in [0.3, 0.4) is 0 Å². The van der Waals surface area contributed by atoms with Crippen LogP contribution in [0.2, 0.25) is 0 Å². The summed E-state index contributed by atoms with van der Waals surface area (Å²) < 4.78 is 31.9. The minimum atomic E-state index is -0.608. The lowest BCUT2D eigenvalue weighted by molar-refractivity contribution is 0.413. The predicted molar refractivity (Wildman–Crippen MR) is 77.0 cm³/mol. The van der Waals surface area contributed by atoms with Gasteiger partial charge in [0.05, 0.1) is 19.0 Å². The smallest absolute Gasteiger partial charge is 0.224 e. The molecule has 0 fully saturated rings. The second-order valence-electron chi connectivity index (χ2n) is 4.29. The first-order valence-electron chi connectivity index (χ1n) is 6.51. The van der Waals surface area contributed by atoms with Crippen molar-refractivity contribution < 1.29 is 13.5 Å². The van der Waals surface area contributed by atoms with Gasteiger partial charge in [-0.3, -0.25) is 0 Å². The van der Waals surface area contributed by atoms with Crippen LogP contribution in [0.4, 0.5) is 26.2 Å². The summed E-state index contributed by atoms with van der Waals surface area (Å²) in [6, 6.07) is 3.91. The van der Waals surface area contributed by atoms with Gasteiger partial charge in [0.1, 0.15) is 11.6 Å². The Morgan fingerprint density at radius 2 is 2.10 bits per heavy atom. The maximum absolute atomic E-state index is 13.8. The molecule has 1 aromatic heterocycles. The molecule has 0 aliphatic rings. The second-order valence-corrected chi connectivity index (χ2v) is 4.29. The van der Waals surface area contributed by atoms with Crippen LogP contribution in [0.5, 0.6) is 5.75 Å². The lowest BCUT2D eigenvalue weighted by Crippen LogP contribution is -2.07. The summed E-state index contributed by atoms with van der Waals surface area (Å²) in [5, 5.41) is 5.74. The first-order chi connectivity index (χ1) is 10.1. The second kappa shape index (κ2) is 6.83. The molecule has 0 saturated heterocycles. The molecule has 2 aromatic rings. The zero-order valence-corrected chi connectivity index (χ0v) is 11.8. The number of hydrogen-bond donors (Lipinski definition) is 2. The van der Waals surface area contributed by atoms with Crippen molar-refractivity contribution in [1.29, 1.82) is 0 Å². The molecule has 0 aliphatic heterocycles. The number of nitrogens with zero attached hydrogens (tertiary/aromatic N) is 2. The van der Waals surface area contributed by atoms with Gasteiger partial charge in [0.2, 0.25) is 5.95 Å². The van der Waals surface area contributed by atoms with Gasteiger partial charge in [0.15, 0.2) is 11.6 Å². The fraction of sp³-hybridized carbons (Fsp3) is 0.286. The molecule has 0 amide bonds. The summed E-state index contributed by atoms with van der Waals surface area (Å²) in [5.41, 5.74) is 0.415. The third kappa shape index (κ3) is 3.77. The van der Waals surface area contributed by atoms with Gasteiger partial charge in [-0.25, -0.2) is 13.8 Å². The molecule has 0 radical (unpaired) electrons. The Morgan fingerprint density at radius 3 is 2.81 bits per heavy atom. The number of anilines is 3. The fourth-order valence-corrected chi connectivity index (χ4v) is 1.67. The van der Waals surface area contributed by atoms with E-state index in [0.29, 0.717) is 18.2 Å². The number of benzene rings is 1. The summed E-state index contributed by atoms with van der Waals surface area (Å²) in [7, 11) is 1.41. The summed E-state index contributed by atoms with van der Waals surface area (Å²) in [4.78, 5) is 7.89. The molecule has 0 aliphatic carbocycles. The highest BCUT2D eigenvalue weighted by atomic mass is 19.1. The van der Waals surface area contributed by atoms with Crippen molar-refractivity contribution in [1.82, 2.24) is 9.97 Å². The number of methoxy groups -OCH3 is 1. The van der Waals surface area contributed by atoms with Crippen LogP contribution < -0.4 is 15.4 Å². The van der Waals surface area contributed by atoms with Crippen LogP contribution in [-0.4, -0.2) is 23.6 Å². The van der Waals surface area contributed by atoms with Crippen LogP contribution in [0.15, 0.2) is 24.4 Å². The van der Waals surface area contributed by atoms with E-state index in [1.165, 1.54) is 25.3 Å². The molecule has 5 nitrogen and oxygen atoms in total. The van der Waals surface area contributed by atoms with Crippen LogP contribution in [-0.2, 0) is 0 Å². The number of rotatable bonds is 6. The Bertz CT molecular complexity index is 622. The van der Waals surface area contributed by atoms with Gasteiger partial charge in [0.25, 0.3) is 0 Å². The van der Waals surface area contributed by atoms with Crippen LogP contribution in [0.25, 0.3) is 0 Å². The number of nitrogens with one attached hydrogen (secondary N) is 2. The molecule has 0 spiro atoms. The van der Waals surface area contributed by atoms with E-state index in [1.54, 1.807) is 0 Å². The van der Waals surface area contributed by atoms with E-state index in [9.17, 15) is 8.78 Å². The molecule has 7 heteroatoms. The molecule has 2 N–H and O–H groups in total. The van der Waals surface area contributed by atoms with E-state index < -0.39 is 11.6 Å². The molecule has 0 unspecified atom stereocenters. The van der Waals surface area contributed by atoms with Gasteiger partial charge in [-0.05, 0) is 18.6 Å². The van der Waals surface area contributed by atoms with Gasteiger partial charge in [0, 0.05) is 12.6 Å². The molecule has 21 heavy (non-hydrogen) atoms. The van der Waals surface area contributed by atoms with Crippen molar-refractivity contribution in [3.63, 3.8) is 0 Å². The molecule has 112 valence electrons. The molecule has 0 bridgehead atoms. The fourth-order valence-electron chi connectivity index (χ4n) is 1.67. The Morgan fingerprint density at radius 1 is 1.29 bits per heavy atom. The van der Waals surface area contributed by atoms with Crippen molar-refractivity contribution in [3.05, 3.63) is 36.0 Å². The van der Waals surface area contributed by atoms with E-state index in [2.05, 4.69) is 20.6 Å². The quantitative estimate of drug-likeness (QED) is 0.855. The zero-order valence-electron chi connectivity index (χ0n) is 11.8. The highest BCUT2D eigenvalue weighted by Crippen LogP contribution is 2.28. The first kappa shape index (κ1) is 15.0. The van der Waals surface area contributed by atoms with Crippen LogP contribution in [0, 0.1) is 11.6 Å². The molecule has 1 heterocycles. The van der Waals surface area contributed by atoms with Crippen molar-refractivity contribution in [3.8, 4) is 5.75 Å². The Balaban J connectivity index is 2.26. The van der Waals surface area contributed by atoms with Gasteiger partial charge in [-0.15, -0.1) is 0 Å². The minimum Gasteiger partial charge on any atom is -0.494 e. The normalized spacial score (nSPS) is 10.3. The third-order valence-electron chi connectivity index (χ3n) is 2.69. The van der Waals surface area contributed by atoms with Crippen molar-refractivity contribution in [2.24, 2.45) is 0 Å². The maximum atomic E-state index is 13.8. The predicted octanol–water partition coefficient (Wildman–Crippen LogP) is 3.33. The Kier molecular flexibility index (Phi) is 4.86. The van der Waals surface area contributed by atoms with E-state index >= 15 is 0 Å². The summed E-state index contributed by atoms with van der Waals surface area (Å²) in [6.07, 6.45) is 1.97. The minimum absolute atomic E-state index is 0.00601. The monoisotopic (exact) mass is 294 g/mol. The van der Waals surface area contributed by atoms with E-state index in [0.717, 1.165) is 12.6 Å².